The number of pyridine rings is 1. The number of nitrogens with zero attached hydrogens (tertiary/aromatic N) is 5. The zero-order valence-corrected chi connectivity index (χ0v) is 13.3. The van der Waals surface area contributed by atoms with E-state index in [1.807, 2.05) is 18.2 Å². The van der Waals surface area contributed by atoms with Crippen molar-refractivity contribution in [1.29, 1.82) is 0 Å². The van der Waals surface area contributed by atoms with Crippen molar-refractivity contribution in [3.63, 3.8) is 0 Å². The predicted octanol–water partition coefficient (Wildman–Crippen LogP) is 1.32. The predicted molar refractivity (Wildman–Crippen MR) is 86.6 cm³/mol. The molecule has 0 bridgehead atoms. The van der Waals surface area contributed by atoms with Crippen molar-refractivity contribution >= 4 is 5.97 Å². The van der Waals surface area contributed by atoms with E-state index in [0.717, 1.165) is 12.1 Å². The topological polar surface area (TPSA) is 119 Å². The Balaban J connectivity index is 1.71. The summed E-state index contributed by atoms with van der Waals surface area (Å²) in [5.41, 5.74) is 1.98. The molecular formula is C16H16N6O3. The van der Waals surface area contributed by atoms with Crippen LogP contribution in [0.5, 0.6) is 0 Å². The SMILES string of the molecule is O=C(O)Cn1nc([C@H]2CCOC2)nc1-c1cc(-c2ccccn2)n[nH]1. The molecule has 25 heavy (non-hydrogen) atoms. The summed E-state index contributed by atoms with van der Waals surface area (Å²) in [4.78, 5) is 20.0. The molecule has 0 saturated carbocycles. The van der Waals surface area contributed by atoms with Gasteiger partial charge in [0.1, 0.15) is 17.9 Å². The summed E-state index contributed by atoms with van der Waals surface area (Å²) < 4.78 is 6.76. The fourth-order valence-corrected chi connectivity index (χ4v) is 2.79. The monoisotopic (exact) mass is 340 g/mol. The van der Waals surface area contributed by atoms with Crippen LogP contribution in [0, 0.1) is 0 Å². The van der Waals surface area contributed by atoms with Crippen molar-refractivity contribution in [2.24, 2.45) is 0 Å². The van der Waals surface area contributed by atoms with E-state index in [9.17, 15) is 4.79 Å². The normalized spacial score (nSPS) is 17.0. The summed E-state index contributed by atoms with van der Waals surface area (Å²) in [6.45, 7) is 0.952. The Labute approximate surface area is 142 Å². The maximum absolute atomic E-state index is 11.2. The second-order valence-electron chi connectivity index (χ2n) is 5.79. The molecule has 0 aromatic carbocycles. The first kappa shape index (κ1) is 15.5. The molecule has 4 rings (SSSR count). The van der Waals surface area contributed by atoms with E-state index in [4.69, 9.17) is 9.84 Å². The molecule has 9 nitrogen and oxygen atoms in total. The van der Waals surface area contributed by atoms with Crippen LogP contribution < -0.4 is 0 Å². The largest absolute Gasteiger partial charge is 0.480 e. The maximum Gasteiger partial charge on any atom is 0.325 e. The number of hydrogen-bond acceptors (Lipinski definition) is 6. The van der Waals surface area contributed by atoms with E-state index in [2.05, 4.69) is 25.3 Å². The second kappa shape index (κ2) is 6.44. The van der Waals surface area contributed by atoms with Gasteiger partial charge in [-0.25, -0.2) is 9.67 Å². The van der Waals surface area contributed by atoms with Crippen molar-refractivity contribution in [2.75, 3.05) is 13.2 Å². The third-order valence-electron chi connectivity index (χ3n) is 4.01. The highest BCUT2D eigenvalue weighted by Gasteiger charge is 2.25. The van der Waals surface area contributed by atoms with Gasteiger partial charge < -0.3 is 9.84 Å². The lowest BCUT2D eigenvalue weighted by atomic mass is 10.1. The molecule has 2 N–H and O–H groups in total. The van der Waals surface area contributed by atoms with E-state index in [1.54, 1.807) is 12.3 Å². The third kappa shape index (κ3) is 3.13. The van der Waals surface area contributed by atoms with Gasteiger partial charge in [0.05, 0.1) is 12.3 Å². The molecule has 0 radical (unpaired) electrons. The van der Waals surface area contributed by atoms with Gasteiger partial charge in [-0.1, -0.05) is 6.07 Å². The van der Waals surface area contributed by atoms with Gasteiger partial charge in [0.2, 0.25) is 0 Å². The maximum atomic E-state index is 11.2. The highest BCUT2D eigenvalue weighted by atomic mass is 16.5. The standard InChI is InChI=1S/C16H16N6O3/c23-14(24)8-22-16(18-15(21-22)10-4-6-25-9-10)13-7-12(19-20-13)11-3-1-2-5-17-11/h1-3,5,7,10H,4,6,8-9H2,(H,19,20)(H,23,24)/t10-/m0/s1. The molecule has 3 aromatic rings. The molecule has 1 saturated heterocycles. The van der Waals surface area contributed by atoms with Crippen molar-refractivity contribution < 1.29 is 14.6 Å². The number of nitrogens with one attached hydrogen (secondary N) is 1. The van der Waals surface area contributed by atoms with Crippen LogP contribution >= 0.6 is 0 Å². The molecule has 128 valence electrons. The quantitative estimate of drug-likeness (QED) is 0.719. The van der Waals surface area contributed by atoms with Crippen molar-refractivity contribution in [2.45, 2.75) is 18.9 Å². The number of carboxylic acids is 1. The highest BCUT2D eigenvalue weighted by molar-refractivity contribution is 5.68. The van der Waals surface area contributed by atoms with E-state index < -0.39 is 5.97 Å². The molecular weight excluding hydrogens is 324 g/mol. The van der Waals surface area contributed by atoms with Gasteiger partial charge in [-0.3, -0.25) is 14.9 Å². The first-order valence-corrected chi connectivity index (χ1v) is 7.92. The van der Waals surface area contributed by atoms with Crippen LogP contribution in [0.3, 0.4) is 0 Å². The van der Waals surface area contributed by atoms with Crippen molar-refractivity contribution in [3.8, 4) is 22.9 Å². The Bertz CT molecular complexity index is 882. The van der Waals surface area contributed by atoms with Crippen molar-refractivity contribution in [3.05, 3.63) is 36.3 Å². The Hall–Kier alpha value is -3.07. The van der Waals surface area contributed by atoms with E-state index in [-0.39, 0.29) is 12.5 Å². The highest BCUT2D eigenvalue weighted by Crippen LogP contribution is 2.26. The summed E-state index contributed by atoms with van der Waals surface area (Å²) in [5, 5.41) is 20.7. The number of aliphatic carboxylic acids is 1. The number of ether oxygens (including phenoxy) is 1. The molecule has 0 aliphatic carbocycles. The molecule has 4 heterocycles. The van der Waals surface area contributed by atoms with Gasteiger partial charge in [0.15, 0.2) is 11.6 Å². The van der Waals surface area contributed by atoms with Gasteiger partial charge in [-0.05, 0) is 24.6 Å². The number of aromatic amines is 1. The zero-order valence-electron chi connectivity index (χ0n) is 13.3. The fraction of sp³-hybridized carbons (Fsp3) is 0.312. The van der Waals surface area contributed by atoms with Gasteiger partial charge >= 0.3 is 5.97 Å². The number of aromatic nitrogens is 6. The van der Waals surface area contributed by atoms with Gasteiger partial charge in [0, 0.05) is 18.7 Å². The number of carbonyl (C=O) groups is 1. The van der Waals surface area contributed by atoms with Crippen LogP contribution in [0.1, 0.15) is 18.2 Å². The fourth-order valence-electron chi connectivity index (χ4n) is 2.79. The lowest BCUT2D eigenvalue weighted by molar-refractivity contribution is -0.137. The number of hydrogen-bond donors (Lipinski definition) is 2. The molecule has 3 aromatic heterocycles. The van der Waals surface area contributed by atoms with Crippen LogP contribution in [-0.4, -0.2) is 54.2 Å². The average molecular weight is 340 g/mol. The second-order valence-corrected chi connectivity index (χ2v) is 5.79. The molecule has 0 spiro atoms. The molecule has 1 atom stereocenters. The lowest BCUT2D eigenvalue weighted by Gasteiger charge is -2.00. The Morgan fingerprint density at radius 1 is 1.40 bits per heavy atom. The van der Waals surface area contributed by atoms with Crippen LogP contribution in [0.25, 0.3) is 22.9 Å². The Morgan fingerprint density at radius 3 is 3.04 bits per heavy atom. The smallest absolute Gasteiger partial charge is 0.325 e. The Morgan fingerprint density at radius 2 is 2.32 bits per heavy atom. The molecule has 1 aliphatic rings. The first-order chi connectivity index (χ1) is 12.2. The zero-order chi connectivity index (χ0) is 17.2. The Kier molecular flexibility index (Phi) is 3.98. The van der Waals surface area contributed by atoms with Crippen LogP contribution in [0.2, 0.25) is 0 Å². The molecule has 1 aliphatic heterocycles. The number of H-pyrrole nitrogens is 1. The molecule has 1 fully saturated rings. The summed E-state index contributed by atoms with van der Waals surface area (Å²) in [6, 6.07) is 7.35. The number of carboxylic acid groups (broad SMARTS) is 1. The summed E-state index contributed by atoms with van der Waals surface area (Å²) in [6.07, 6.45) is 2.52. The van der Waals surface area contributed by atoms with Gasteiger partial charge in [-0.2, -0.15) is 10.2 Å². The molecule has 0 amide bonds. The van der Waals surface area contributed by atoms with Crippen molar-refractivity contribution in [1.82, 2.24) is 29.9 Å². The molecule has 9 heteroatoms. The van der Waals surface area contributed by atoms with Gasteiger partial charge in [0.25, 0.3) is 0 Å². The summed E-state index contributed by atoms with van der Waals surface area (Å²) in [5.74, 6) is 0.151. The minimum atomic E-state index is -0.982. The first-order valence-electron chi connectivity index (χ1n) is 7.92. The third-order valence-corrected chi connectivity index (χ3v) is 4.01. The minimum Gasteiger partial charge on any atom is -0.480 e. The van der Waals surface area contributed by atoms with E-state index in [0.29, 0.717) is 36.3 Å². The van der Waals surface area contributed by atoms with E-state index >= 15 is 0 Å². The average Bonchev–Trinajstić information content (AvgIpc) is 3.35. The van der Waals surface area contributed by atoms with E-state index in [1.165, 1.54) is 4.68 Å². The van der Waals surface area contributed by atoms with Crippen LogP contribution in [0.4, 0.5) is 0 Å². The minimum absolute atomic E-state index is 0.0898. The summed E-state index contributed by atoms with van der Waals surface area (Å²) in [7, 11) is 0. The lowest BCUT2D eigenvalue weighted by Crippen LogP contribution is -2.12. The van der Waals surface area contributed by atoms with Gasteiger partial charge in [-0.15, -0.1) is 0 Å². The number of rotatable bonds is 5. The summed E-state index contributed by atoms with van der Waals surface area (Å²) >= 11 is 0. The molecule has 0 unspecified atom stereocenters. The van der Waals surface area contributed by atoms with Crippen LogP contribution in [0.15, 0.2) is 30.5 Å². The van der Waals surface area contributed by atoms with Crippen LogP contribution in [-0.2, 0) is 16.1 Å².